The number of carbonyl (C=O) groups excluding carboxylic acids is 1. The molecule has 3 nitrogen and oxygen atoms in total. The first kappa shape index (κ1) is 14.6. The Morgan fingerprint density at radius 2 is 2.00 bits per heavy atom. The Labute approximate surface area is 125 Å². The standard InChI is InChI=1S/C14H10Cl2FNO2/c15-8-4-5-9(13(18)6-8)14(19)20-7-10-11(16)2-1-3-12(10)17/h1-6H,7,18H2. The van der Waals surface area contributed by atoms with Crippen LogP contribution in [0.1, 0.15) is 15.9 Å². The first-order chi connectivity index (χ1) is 9.49. The average molecular weight is 314 g/mol. The quantitative estimate of drug-likeness (QED) is 0.686. The fourth-order valence-corrected chi connectivity index (χ4v) is 2.00. The molecule has 0 amide bonds. The van der Waals surface area contributed by atoms with Gasteiger partial charge in [0.2, 0.25) is 0 Å². The van der Waals surface area contributed by atoms with Crippen molar-refractivity contribution in [2.75, 3.05) is 5.73 Å². The number of hydrogen-bond donors (Lipinski definition) is 1. The molecule has 0 bridgehead atoms. The number of anilines is 1. The first-order valence-electron chi connectivity index (χ1n) is 5.64. The zero-order valence-electron chi connectivity index (χ0n) is 10.2. The number of halogens is 3. The Morgan fingerprint density at radius 1 is 1.25 bits per heavy atom. The minimum Gasteiger partial charge on any atom is -0.457 e. The summed E-state index contributed by atoms with van der Waals surface area (Å²) in [4.78, 5) is 11.9. The summed E-state index contributed by atoms with van der Waals surface area (Å²) in [6.45, 7) is -0.271. The summed E-state index contributed by atoms with van der Waals surface area (Å²) >= 11 is 11.6. The molecular weight excluding hydrogens is 304 g/mol. The van der Waals surface area contributed by atoms with Gasteiger partial charge in [-0.05, 0) is 30.3 Å². The van der Waals surface area contributed by atoms with Gasteiger partial charge in [0.05, 0.1) is 10.6 Å². The molecule has 0 saturated heterocycles. The molecule has 0 aromatic heterocycles. The van der Waals surface area contributed by atoms with Crippen molar-refractivity contribution in [2.45, 2.75) is 6.61 Å². The van der Waals surface area contributed by atoms with Crippen LogP contribution in [0.15, 0.2) is 36.4 Å². The van der Waals surface area contributed by atoms with Crippen LogP contribution in [0, 0.1) is 5.82 Å². The van der Waals surface area contributed by atoms with Crippen LogP contribution >= 0.6 is 23.2 Å². The highest BCUT2D eigenvalue weighted by molar-refractivity contribution is 6.31. The Balaban J connectivity index is 2.13. The van der Waals surface area contributed by atoms with Crippen molar-refractivity contribution in [3.63, 3.8) is 0 Å². The maximum atomic E-state index is 13.5. The minimum atomic E-state index is -0.668. The molecule has 0 saturated carbocycles. The van der Waals surface area contributed by atoms with Gasteiger partial charge >= 0.3 is 5.97 Å². The van der Waals surface area contributed by atoms with E-state index in [1.54, 1.807) is 0 Å². The summed E-state index contributed by atoms with van der Waals surface area (Å²) in [7, 11) is 0. The first-order valence-corrected chi connectivity index (χ1v) is 6.39. The lowest BCUT2D eigenvalue weighted by Crippen LogP contribution is -2.09. The monoisotopic (exact) mass is 313 g/mol. The molecule has 0 spiro atoms. The van der Waals surface area contributed by atoms with Gasteiger partial charge in [0, 0.05) is 16.3 Å². The van der Waals surface area contributed by atoms with Crippen LogP contribution in [0.5, 0.6) is 0 Å². The number of esters is 1. The molecule has 6 heteroatoms. The molecule has 20 heavy (non-hydrogen) atoms. The Bertz CT molecular complexity index is 641. The third-order valence-corrected chi connectivity index (χ3v) is 3.23. The molecule has 0 atom stereocenters. The van der Waals surface area contributed by atoms with Gasteiger partial charge in [-0.25, -0.2) is 9.18 Å². The van der Waals surface area contributed by atoms with E-state index in [1.807, 2.05) is 0 Å². The number of benzene rings is 2. The topological polar surface area (TPSA) is 52.3 Å². The second-order valence-electron chi connectivity index (χ2n) is 4.01. The smallest absolute Gasteiger partial charge is 0.340 e. The van der Waals surface area contributed by atoms with E-state index in [2.05, 4.69) is 0 Å². The Kier molecular flexibility index (Phi) is 4.47. The van der Waals surface area contributed by atoms with Crippen molar-refractivity contribution in [3.8, 4) is 0 Å². The zero-order chi connectivity index (χ0) is 14.7. The summed E-state index contributed by atoms with van der Waals surface area (Å²) in [5.41, 5.74) is 6.15. The summed E-state index contributed by atoms with van der Waals surface area (Å²) in [5, 5.41) is 0.609. The second-order valence-corrected chi connectivity index (χ2v) is 4.85. The SMILES string of the molecule is Nc1cc(Cl)ccc1C(=O)OCc1c(F)cccc1Cl. The van der Waals surface area contributed by atoms with Gasteiger partial charge in [-0.1, -0.05) is 29.3 Å². The van der Waals surface area contributed by atoms with Crippen LogP contribution in [0.2, 0.25) is 10.0 Å². The molecular formula is C14H10Cl2FNO2. The van der Waals surface area contributed by atoms with Crippen LogP contribution in [-0.4, -0.2) is 5.97 Å². The molecule has 0 radical (unpaired) electrons. The summed E-state index contributed by atoms with van der Waals surface area (Å²) < 4.78 is 18.5. The van der Waals surface area contributed by atoms with E-state index in [4.69, 9.17) is 33.7 Å². The van der Waals surface area contributed by atoms with Crippen molar-refractivity contribution in [1.82, 2.24) is 0 Å². The number of ether oxygens (including phenoxy) is 1. The predicted molar refractivity (Wildman–Crippen MR) is 76.4 cm³/mol. The molecule has 0 fully saturated rings. The maximum Gasteiger partial charge on any atom is 0.340 e. The van der Waals surface area contributed by atoms with Crippen molar-refractivity contribution in [1.29, 1.82) is 0 Å². The highest BCUT2D eigenvalue weighted by Gasteiger charge is 2.14. The Morgan fingerprint density at radius 3 is 2.65 bits per heavy atom. The van der Waals surface area contributed by atoms with E-state index in [-0.39, 0.29) is 28.4 Å². The zero-order valence-corrected chi connectivity index (χ0v) is 11.7. The van der Waals surface area contributed by atoms with Gasteiger partial charge in [0.25, 0.3) is 0 Å². The molecule has 2 aromatic rings. The van der Waals surface area contributed by atoms with Gasteiger partial charge in [-0.2, -0.15) is 0 Å². The lowest BCUT2D eigenvalue weighted by atomic mass is 10.2. The third kappa shape index (κ3) is 3.21. The fraction of sp³-hybridized carbons (Fsp3) is 0.0714. The summed E-state index contributed by atoms with van der Waals surface area (Å²) in [5.74, 6) is -1.20. The number of rotatable bonds is 3. The Hall–Kier alpha value is -1.78. The fourth-order valence-electron chi connectivity index (χ4n) is 1.61. The van der Waals surface area contributed by atoms with E-state index in [9.17, 15) is 9.18 Å². The normalized spacial score (nSPS) is 10.3. The van der Waals surface area contributed by atoms with E-state index in [0.717, 1.165) is 0 Å². The largest absolute Gasteiger partial charge is 0.457 e. The second kappa shape index (κ2) is 6.11. The number of hydrogen-bond acceptors (Lipinski definition) is 3. The number of nitrogen functional groups attached to an aromatic ring is 1. The predicted octanol–water partition coefficient (Wildman–Crippen LogP) is 4.07. The van der Waals surface area contributed by atoms with Gasteiger partial charge < -0.3 is 10.5 Å². The molecule has 2 rings (SSSR count). The summed E-state index contributed by atoms with van der Waals surface area (Å²) in [6.07, 6.45) is 0. The summed E-state index contributed by atoms with van der Waals surface area (Å²) in [6, 6.07) is 8.64. The van der Waals surface area contributed by atoms with Crippen LogP contribution in [0.25, 0.3) is 0 Å². The van der Waals surface area contributed by atoms with Crippen molar-refractivity contribution < 1.29 is 13.9 Å². The van der Waals surface area contributed by atoms with E-state index >= 15 is 0 Å². The van der Waals surface area contributed by atoms with Crippen LogP contribution < -0.4 is 5.73 Å². The van der Waals surface area contributed by atoms with Crippen LogP contribution in [0.3, 0.4) is 0 Å². The average Bonchev–Trinajstić information content (AvgIpc) is 2.37. The molecule has 0 heterocycles. The van der Waals surface area contributed by atoms with Gasteiger partial charge in [-0.3, -0.25) is 0 Å². The molecule has 0 aliphatic rings. The van der Waals surface area contributed by atoms with E-state index in [0.29, 0.717) is 5.02 Å². The van der Waals surface area contributed by atoms with Crippen molar-refractivity contribution in [2.24, 2.45) is 0 Å². The molecule has 0 aliphatic heterocycles. The lowest BCUT2D eigenvalue weighted by molar-refractivity contribution is 0.0470. The molecule has 104 valence electrons. The maximum absolute atomic E-state index is 13.5. The van der Waals surface area contributed by atoms with Crippen molar-refractivity contribution >= 4 is 34.9 Å². The van der Waals surface area contributed by atoms with Crippen LogP contribution in [-0.2, 0) is 11.3 Å². The van der Waals surface area contributed by atoms with Crippen molar-refractivity contribution in [3.05, 3.63) is 63.4 Å². The van der Waals surface area contributed by atoms with E-state index < -0.39 is 11.8 Å². The van der Waals surface area contributed by atoms with E-state index in [1.165, 1.54) is 36.4 Å². The molecule has 2 aromatic carbocycles. The molecule has 2 N–H and O–H groups in total. The van der Waals surface area contributed by atoms with Gasteiger partial charge in [0.1, 0.15) is 12.4 Å². The minimum absolute atomic E-state index is 0.120. The highest BCUT2D eigenvalue weighted by atomic mass is 35.5. The van der Waals surface area contributed by atoms with Gasteiger partial charge in [-0.15, -0.1) is 0 Å². The molecule has 0 aliphatic carbocycles. The number of carbonyl (C=O) groups is 1. The lowest BCUT2D eigenvalue weighted by Gasteiger charge is -2.09. The third-order valence-electron chi connectivity index (χ3n) is 2.64. The highest BCUT2D eigenvalue weighted by Crippen LogP contribution is 2.22. The number of nitrogens with two attached hydrogens (primary N) is 1. The molecule has 0 unspecified atom stereocenters. The van der Waals surface area contributed by atoms with Gasteiger partial charge in [0.15, 0.2) is 0 Å². The van der Waals surface area contributed by atoms with Crippen LogP contribution in [0.4, 0.5) is 10.1 Å².